The van der Waals surface area contributed by atoms with Crippen LogP contribution in [0.25, 0.3) is 0 Å². The molecular formula is C13H20N4OS. The van der Waals surface area contributed by atoms with E-state index in [0.29, 0.717) is 17.4 Å². The maximum atomic E-state index is 11.8. The minimum Gasteiger partial charge on any atom is -0.389 e. The zero-order valence-corrected chi connectivity index (χ0v) is 12.3. The second-order valence-corrected chi connectivity index (χ2v) is 4.94. The number of thiocarbonyl (C=S) groups is 1. The first-order valence-electron chi connectivity index (χ1n) is 6.24. The molecule has 1 aromatic rings. The lowest BCUT2D eigenvalue weighted by Crippen LogP contribution is -2.40. The zero-order chi connectivity index (χ0) is 14.4. The smallest absolute Gasteiger partial charge is 0.239 e. The molecule has 0 aliphatic carbocycles. The molecule has 0 aliphatic heterocycles. The molecule has 0 radical (unpaired) electrons. The van der Waals surface area contributed by atoms with Crippen molar-refractivity contribution in [3.8, 4) is 0 Å². The molecule has 0 spiro atoms. The Morgan fingerprint density at radius 1 is 1.58 bits per heavy atom. The third-order valence-electron chi connectivity index (χ3n) is 2.52. The lowest BCUT2D eigenvalue weighted by Gasteiger charge is -2.22. The van der Waals surface area contributed by atoms with Crippen LogP contribution >= 0.6 is 12.2 Å². The van der Waals surface area contributed by atoms with Crippen molar-refractivity contribution in [3.05, 3.63) is 23.9 Å². The summed E-state index contributed by atoms with van der Waals surface area (Å²) in [5.74, 6) is 0.672. The highest BCUT2D eigenvalue weighted by Crippen LogP contribution is 2.12. The Bertz CT molecular complexity index is 462. The Balaban J connectivity index is 2.82. The summed E-state index contributed by atoms with van der Waals surface area (Å²) in [6.45, 7) is 6.78. The number of nitrogens with one attached hydrogen (secondary N) is 1. The third-order valence-corrected chi connectivity index (χ3v) is 2.76. The number of hydrogen-bond acceptors (Lipinski definition) is 4. The van der Waals surface area contributed by atoms with Crippen molar-refractivity contribution in [2.24, 2.45) is 5.73 Å². The van der Waals surface area contributed by atoms with Crippen molar-refractivity contribution in [2.75, 3.05) is 18.0 Å². The second-order valence-electron chi connectivity index (χ2n) is 4.50. The number of aromatic nitrogens is 1. The molecule has 0 saturated carbocycles. The van der Waals surface area contributed by atoms with Crippen molar-refractivity contribution in [1.82, 2.24) is 10.3 Å². The average Bonchev–Trinajstić information content (AvgIpc) is 2.35. The topological polar surface area (TPSA) is 71.2 Å². The number of hydrogen-bond donors (Lipinski definition) is 2. The first-order chi connectivity index (χ1) is 8.93. The van der Waals surface area contributed by atoms with Gasteiger partial charge in [-0.05, 0) is 32.9 Å². The molecule has 0 aromatic carbocycles. The predicted molar refractivity (Wildman–Crippen MR) is 81.3 cm³/mol. The first-order valence-corrected chi connectivity index (χ1v) is 6.65. The van der Waals surface area contributed by atoms with Gasteiger partial charge in [0.25, 0.3) is 0 Å². The number of likely N-dealkylation sites (N-methyl/N-ethyl adjacent to an activating group) is 1. The lowest BCUT2D eigenvalue weighted by atomic mass is 10.2. The van der Waals surface area contributed by atoms with Crippen molar-refractivity contribution in [1.29, 1.82) is 0 Å². The van der Waals surface area contributed by atoms with E-state index in [2.05, 4.69) is 10.3 Å². The third kappa shape index (κ3) is 4.82. The highest BCUT2D eigenvalue weighted by Gasteiger charge is 2.12. The van der Waals surface area contributed by atoms with E-state index in [0.717, 1.165) is 5.56 Å². The number of anilines is 1. The fourth-order valence-electron chi connectivity index (χ4n) is 1.64. The van der Waals surface area contributed by atoms with E-state index in [-0.39, 0.29) is 18.5 Å². The van der Waals surface area contributed by atoms with E-state index in [1.807, 2.05) is 25.7 Å². The van der Waals surface area contributed by atoms with Crippen LogP contribution in [0.4, 0.5) is 5.82 Å². The molecule has 104 valence electrons. The summed E-state index contributed by atoms with van der Waals surface area (Å²) in [5.41, 5.74) is 6.35. The largest absolute Gasteiger partial charge is 0.389 e. The van der Waals surface area contributed by atoms with Crippen molar-refractivity contribution < 1.29 is 4.79 Å². The summed E-state index contributed by atoms with van der Waals surface area (Å²) in [5, 5.41) is 2.86. The van der Waals surface area contributed by atoms with Crippen LogP contribution in [0.15, 0.2) is 18.3 Å². The summed E-state index contributed by atoms with van der Waals surface area (Å²) >= 11 is 4.94. The van der Waals surface area contributed by atoms with Crippen LogP contribution in [-0.2, 0) is 4.79 Å². The standard InChI is InChI=1S/C13H20N4OS/c1-4-17(8-12(18)16-9(2)3)11-7-10(13(14)19)5-6-15-11/h5-7,9H,4,8H2,1-3H3,(H2,14,19)(H,16,18). The van der Waals surface area contributed by atoms with E-state index >= 15 is 0 Å². The molecular weight excluding hydrogens is 260 g/mol. The molecule has 0 bridgehead atoms. The van der Waals surface area contributed by atoms with E-state index < -0.39 is 0 Å². The molecule has 1 rings (SSSR count). The normalized spacial score (nSPS) is 10.3. The van der Waals surface area contributed by atoms with Crippen molar-refractivity contribution in [2.45, 2.75) is 26.8 Å². The number of nitrogens with two attached hydrogens (primary N) is 1. The number of carbonyl (C=O) groups excluding carboxylic acids is 1. The van der Waals surface area contributed by atoms with E-state index in [1.165, 1.54) is 0 Å². The van der Waals surface area contributed by atoms with Crippen LogP contribution in [0.5, 0.6) is 0 Å². The van der Waals surface area contributed by atoms with Crippen molar-refractivity contribution >= 4 is 28.9 Å². The van der Waals surface area contributed by atoms with E-state index in [9.17, 15) is 4.79 Å². The molecule has 0 unspecified atom stereocenters. The highest BCUT2D eigenvalue weighted by molar-refractivity contribution is 7.80. The molecule has 0 fully saturated rings. The van der Waals surface area contributed by atoms with E-state index in [1.54, 1.807) is 18.3 Å². The van der Waals surface area contributed by atoms with Gasteiger partial charge in [0.15, 0.2) is 0 Å². The van der Waals surface area contributed by atoms with Crippen LogP contribution in [-0.4, -0.2) is 35.0 Å². The number of rotatable bonds is 6. The zero-order valence-electron chi connectivity index (χ0n) is 11.5. The number of amides is 1. The van der Waals surface area contributed by atoms with Gasteiger partial charge in [0, 0.05) is 24.3 Å². The molecule has 3 N–H and O–H groups in total. The van der Waals surface area contributed by atoms with Crippen LogP contribution in [0.1, 0.15) is 26.3 Å². The summed E-state index contributed by atoms with van der Waals surface area (Å²) in [4.78, 5) is 18.2. The highest BCUT2D eigenvalue weighted by atomic mass is 32.1. The quantitative estimate of drug-likeness (QED) is 0.763. The van der Waals surface area contributed by atoms with Crippen LogP contribution in [0.2, 0.25) is 0 Å². The Morgan fingerprint density at radius 2 is 2.26 bits per heavy atom. The minimum absolute atomic E-state index is 0.0284. The maximum Gasteiger partial charge on any atom is 0.239 e. The summed E-state index contributed by atoms with van der Waals surface area (Å²) in [6.07, 6.45) is 1.65. The summed E-state index contributed by atoms with van der Waals surface area (Å²) in [6, 6.07) is 3.68. The Kier molecular flexibility index (Phi) is 5.69. The molecule has 5 nitrogen and oxygen atoms in total. The molecule has 6 heteroatoms. The Hall–Kier alpha value is -1.69. The fourth-order valence-corrected chi connectivity index (χ4v) is 1.77. The second kappa shape index (κ2) is 7.04. The maximum absolute atomic E-state index is 11.8. The minimum atomic E-state index is -0.0284. The molecule has 0 saturated heterocycles. The van der Waals surface area contributed by atoms with Gasteiger partial charge in [-0.25, -0.2) is 4.98 Å². The summed E-state index contributed by atoms with van der Waals surface area (Å²) < 4.78 is 0. The molecule has 0 aliphatic rings. The van der Waals surface area contributed by atoms with Gasteiger partial charge in [-0.15, -0.1) is 0 Å². The van der Waals surface area contributed by atoms with Crippen molar-refractivity contribution in [3.63, 3.8) is 0 Å². The molecule has 1 amide bonds. The summed E-state index contributed by atoms with van der Waals surface area (Å²) in [7, 11) is 0. The fraction of sp³-hybridized carbons (Fsp3) is 0.462. The Labute approximate surface area is 119 Å². The number of nitrogens with zero attached hydrogens (tertiary/aromatic N) is 2. The molecule has 1 aromatic heterocycles. The number of pyridine rings is 1. The SMILES string of the molecule is CCN(CC(=O)NC(C)C)c1cc(C(N)=S)ccn1. The van der Waals surface area contributed by atoms with Gasteiger partial charge in [-0.3, -0.25) is 4.79 Å². The molecule has 19 heavy (non-hydrogen) atoms. The van der Waals surface area contributed by atoms with Gasteiger partial charge >= 0.3 is 0 Å². The molecule has 0 atom stereocenters. The average molecular weight is 280 g/mol. The van der Waals surface area contributed by atoms with Crippen LogP contribution in [0, 0.1) is 0 Å². The predicted octanol–water partition coefficient (Wildman–Crippen LogP) is 1.07. The number of carbonyl (C=O) groups is 1. The lowest BCUT2D eigenvalue weighted by molar-refractivity contribution is -0.120. The Morgan fingerprint density at radius 3 is 2.79 bits per heavy atom. The van der Waals surface area contributed by atoms with Gasteiger partial charge in [0.05, 0.1) is 6.54 Å². The van der Waals surface area contributed by atoms with Gasteiger partial charge in [-0.1, -0.05) is 12.2 Å². The van der Waals surface area contributed by atoms with E-state index in [4.69, 9.17) is 18.0 Å². The first kappa shape index (κ1) is 15.4. The van der Waals surface area contributed by atoms with Gasteiger partial charge in [0.2, 0.25) is 5.91 Å². The van der Waals surface area contributed by atoms with Crippen LogP contribution in [0.3, 0.4) is 0 Å². The van der Waals surface area contributed by atoms with Gasteiger partial charge in [0.1, 0.15) is 10.8 Å². The monoisotopic (exact) mass is 280 g/mol. The molecule has 1 heterocycles. The van der Waals surface area contributed by atoms with Gasteiger partial charge < -0.3 is 16.0 Å². The van der Waals surface area contributed by atoms with Crippen LogP contribution < -0.4 is 16.0 Å². The van der Waals surface area contributed by atoms with Gasteiger partial charge in [-0.2, -0.15) is 0 Å².